The van der Waals surface area contributed by atoms with Gasteiger partial charge >= 0.3 is 0 Å². The van der Waals surface area contributed by atoms with Crippen molar-refractivity contribution in [2.75, 3.05) is 0 Å². The van der Waals surface area contributed by atoms with Crippen LogP contribution in [0.15, 0.2) is 54.6 Å². The van der Waals surface area contributed by atoms with Crippen molar-refractivity contribution in [2.24, 2.45) is 0 Å². The highest BCUT2D eigenvalue weighted by molar-refractivity contribution is 6.07. The number of amides is 3. The highest BCUT2D eigenvalue weighted by Crippen LogP contribution is 2.24. The van der Waals surface area contributed by atoms with E-state index in [1.54, 1.807) is 37.3 Å². The summed E-state index contributed by atoms with van der Waals surface area (Å²) in [5, 5.41) is 12.6. The van der Waals surface area contributed by atoms with Gasteiger partial charge in [-0.1, -0.05) is 37.3 Å². The summed E-state index contributed by atoms with van der Waals surface area (Å²) in [4.78, 5) is 62.2. The van der Waals surface area contributed by atoms with Gasteiger partial charge in [0.25, 0.3) is 11.6 Å². The zero-order chi connectivity index (χ0) is 22.5. The number of Topliss-reactive ketones (excluding diaryl/α,β-unsaturated/α-hetero) is 1. The van der Waals surface area contributed by atoms with E-state index in [2.05, 4.69) is 0 Å². The summed E-state index contributed by atoms with van der Waals surface area (Å²) in [6, 6.07) is 12.0. The lowest BCUT2D eigenvalue weighted by atomic mass is 10.00. The second-order valence-electron chi connectivity index (χ2n) is 7.06. The Morgan fingerprint density at radius 1 is 1.00 bits per heavy atom. The number of non-ortho nitro benzene ring substituents is 1. The minimum absolute atomic E-state index is 0.0242. The van der Waals surface area contributed by atoms with Gasteiger partial charge in [0, 0.05) is 36.1 Å². The lowest BCUT2D eigenvalue weighted by molar-refractivity contribution is -0.384. The first-order valence-electron chi connectivity index (χ1n) is 9.88. The standard InChI is InChI=1S/C22H21N3O6/c1-2-18(21(28)15-7-4-3-5-8-15)23(24-19(26)9-6-10-20(24)27)22(29)16-11-13-17(14-12-16)25(30)31/h3-5,7-8,11-14,18H,2,6,9-10H2,1H3/t18-/m1/s1. The Balaban J connectivity index is 2.06. The third kappa shape index (κ3) is 4.50. The van der Waals surface area contributed by atoms with Gasteiger partial charge in [0.2, 0.25) is 11.8 Å². The number of hydrazine groups is 1. The zero-order valence-corrected chi connectivity index (χ0v) is 16.9. The molecule has 0 saturated carbocycles. The van der Waals surface area contributed by atoms with Crippen molar-refractivity contribution < 1.29 is 24.1 Å². The predicted octanol–water partition coefficient (Wildman–Crippen LogP) is 3.15. The highest BCUT2D eigenvalue weighted by atomic mass is 16.6. The van der Waals surface area contributed by atoms with Crippen LogP contribution in [-0.2, 0) is 9.59 Å². The Morgan fingerprint density at radius 3 is 2.10 bits per heavy atom. The summed E-state index contributed by atoms with van der Waals surface area (Å²) in [6.45, 7) is 1.68. The number of benzene rings is 2. The molecule has 1 atom stereocenters. The number of rotatable bonds is 7. The van der Waals surface area contributed by atoms with Crippen molar-refractivity contribution in [1.82, 2.24) is 10.0 Å². The quantitative estimate of drug-likeness (QED) is 0.292. The molecule has 1 aliphatic rings. The smallest absolute Gasteiger partial charge is 0.273 e. The maximum atomic E-state index is 13.4. The minimum Gasteiger partial charge on any atom is -0.292 e. The van der Waals surface area contributed by atoms with Crippen LogP contribution >= 0.6 is 0 Å². The van der Waals surface area contributed by atoms with E-state index in [0.717, 1.165) is 22.2 Å². The van der Waals surface area contributed by atoms with E-state index < -0.39 is 34.5 Å². The summed E-state index contributed by atoms with van der Waals surface area (Å²) in [6.07, 6.45) is 0.679. The Kier molecular flexibility index (Phi) is 6.54. The van der Waals surface area contributed by atoms with Crippen LogP contribution < -0.4 is 0 Å². The van der Waals surface area contributed by atoms with Gasteiger partial charge in [-0.15, -0.1) is 0 Å². The molecule has 9 nitrogen and oxygen atoms in total. The monoisotopic (exact) mass is 423 g/mol. The first-order valence-corrected chi connectivity index (χ1v) is 9.88. The molecule has 0 bridgehead atoms. The van der Waals surface area contributed by atoms with Gasteiger partial charge in [0.1, 0.15) is 6.04 Å². The second-order valence-corrected chi connectivity index (χ2v) is 7.06. The normalized spacial score (nSPS) is 14.8. The van der Waals surface area contributed by atoms with Crippen molar-refractivity contribution in [2.45, 2.75) is 38.6 Å². The maximum Gasteiger partial charge on any atom is 0.273 e. The molecule has 0 aromatic heterocycles. The number of carbonyl (C=O) groups excluding carboxylic acids is 4. The molecule has 1 heterocycles. The number of nitro benzene ring substituents is 1. The highest BCUT2D eigenvalue weighted by Gasteiger charge is 2.41. The number of nitro groups is 1. The summed E-state index contributed by atoms with van der Waals surface area (Å²) < 4.78 is 0. The average Bonchev–Trinajstić information content (AvgIpc) is 2.78. The van der Waals surface area contributed by atoms with Crippen LogP contribution in [0.4, 0.5) is 5.69 Å². The number of ketones is 1. The van der Waals surface area contributed by atoms with Crippen LogP contribution in [0.5, 0.6) is 0 Å². The first kappa shape index (κ1) is 21.8. The van der Waals surface area contributed by atoms with E-state index in [1.807, 2.05) is 0 Å². The van der Waals surface area contributed by atoms with E-state index in [0.29, 0.717) is 12.0 Å². The van der Waals surface area contributed by atoms with E-state index in [-0.39, 0.29) is 30.5 Å². The fourth-order valence-electron chi connectivity index (χ4n) is 3.48. The van der Waals surface area contributed by atoms with Crippen LogP contribution in [0.1, 0.15) is 53.3 Å². The summed E-state index contributed by atoms with van der Waals surface area (Å²) in [5.41, 5.74) is 0.157. The fourth-order valence-corrected chi connectivity index (χ4v) is 3.48. The number of hydrogen-bond donors (Lipinski definition) is 0. The largest absolute Gasteiger partial charge is 0.292 e. The van der Waals surface area contributed by atoms with Crippen LogP contribution in [0.25, 0.3) is 0 Å². The molecule has 160 valence electrons. The topological polar surface area (TPSA) is 118 Å². The van der Waals surface area contributed by atoms with Crippen molar-refractivity contribution >= 4 is 29.2 Å². The molecule has 3 amide bonds. The van der Waals surface area contributed by atoms with Gasteiger partial charge in [0.05, 0.1) is 4.92 Å². The van der Waals surface area contributed by atoms with Gasteiger partial charge in [-0.3, -0.25) is 29.3 Å². The molecule has 0 unspecified atom stereocenters. The fraction of sp³-hybridized carbons (Fsp3) is 0.273. The molecule has 3 rings (SSSR count). The zero-order valence-electron chi connectivity index (χ0n) is 16.9. The molecule has 2 aromatic carbocycles. The van der Waals surface area contributed by atoms with Gasteiger partial charge in [-0.25, -0.2) is 5.01 Å². The van der Waals surface area contributed by atoms with E-state index >= 15 is 0 Å². The molecule has 9 heteroatoms. The molecule has 1 fully saturated rings. The number of carbonyl (C=O) groups is 4. The molecule has 0 radical (unpaired) electrons. The second kappa shape index (κ2) is 9.29. The van der Waals surface area contributed by atoms with Crippen molar-refractivity contribution in [3.8, 4) is 0 Å². The van der Waals surface area contributed by atoms with Crippen molar-refractivity contribution in [1.29, 1.82) is 0 Å². The van der Waals surface area contributed by atoms with E-state index in [4.69, 9.17) is 0 Å². The number of hydrogen-bond acceptors (Lipinski definition) is 6. The van der Waals surface area contributed by atoms with Crippen LogP contribution in [0, 0.1) is 10.1 Å². The number of nitrogens with zero attached hydrogens (tertiary/aromatic N) is 3. The molecule has 0 N–H and O–H groups in total. The van der Waals surface area contributed by atoms with Gasteiger partial charge in [-0.05, 0) is 25.0 Å². The first-order chi connectivity index (χ1) is 14.8. The van der Waals surface area contributed by atoms with Crippen molar-refractivity contribution in [3.63, 3.8) is 0 Å². The third-order valence-corrected chi connectivity index (χ3v) is 5.05. The van der Waals surface area contributed by atoms with Gasteiger partial charge in [0.15, 0.2) is 5.78 Å². The Hall–Kier alpha value is -3.88. The molecular formula is C22H21N3O6. The van der Waals surface area contributed by atoms with Gasteiger partial charge < -0.3 is 0 Å². The third-order valence-electron chi connectivity index (χ3n) is 5.05. The molecule has 31 heavy (non-hydrogen) atoms. The van der Waals surface area contributed by atoms with Crippen LogP contribution in [-0.4, -0.2) is 44.5 Å². The molecule has 0 spiro atoms. The van der Waals surface area contributed by atoms with Crippen LogP contribution in [0.3, 0.4) is 0 Å². The lowest BCUT2D eigenvalue weighted by Crippen LogP contribution is -2.60. The molecule has 1 saturated heterocycles. The summed E-state index contributed by atoms with van der Waals surface area (Å²) in [5.74, 6) is -2.30. The predicted molar refractivity (Wildman–Crippen MR) is 110 cm³/mol. The van der Waals surface area contributed by atoms with Crippen molar-refractivity contribution in [3.05, 3.63) is 75.8 Å². The molecular weight excluding hydrogens is 402 g/mol. The van der Waals surface area contributed by atoms with E-state index in [9.17, 15) is 29.3 Å². The summed E-state index contributed by atoms with van der Waals surface area (Å²) >= 11 is 0. The maximum absolute atomic E-state index is 13.4. The molecule has 2 aromatic rings. The Bertz CT molecular complexity index is 1000. The average molecular weight is 423 g/mol. The molecule has 1 aliphatic heterocycles. The number of imide groups is 1. The van der Waals surface area contributed by atoms with E-state index in [1.165, 1.54) is 12.1 Å². The molecule has 0 aliphatic carbocycles. The SMILES string of the molecule is CC[C@H](C(=O)c1ccccc1)N(C(=O)c1ccc([N+](=O)[O-])cc1)N1C(=O)CCCC1=O. The summed E-state index contributed by atoms with van der Waals surface area (Å²) in [7, 11) is 0. The van der Waals surface area contributed by atoms with Crippen LogP contribution in [0.2, 0.25) is 0 Å². The lowest BCUT2D eigenvalue weighted by Gasteiger charge is -2.39. The van der Waals surface area contributed by atoms with Gasteiger partial charge in [-0.2, -0.15) is 5.01 Å². The Labute approximate surface area is 178 Å². The number of piperidine rings is 1. The Morgan fingerprint density at radius 2 is 1.58 bits per heavy atom. The minimum atomic E-state index is -1.10.